The highest BCUT2D eigenvalue weighted by Gasteiger charge is 2.47. The summed E-state index contributed by atoms with van der Waals surface area (Å²) in [6.45, 7) is 17.5. The Morgan fingerprint density at radius 1 is 1.06 bits per heavy atom. The van der Waals surface area contributed by atoms with Gasteiger partial charge in [0.1, 0.15) is 6.04 Å². The summed E-state index contributed by atoms with van der Waals surface area (Å²) in [6, 6.07) is -0.579. The smallest absolute Gasteiger partial charge is 0.245 e. The van der Waals surface area contributed by atoms with E-state index in [4.69, 9.17) is 9.47 Å². The number of hydrogen-bond donors (Lipinski definition) is 1. The minimum absolute atomic E-state index is 0.0144. The molecular weight excluding hydrogens is 456 g/mol. The van der Waals surface area contributed by atoms with Crippen molar-refractivity contribution in [2.75, 3.05) is 52.5 Å². The van der Waals surface area contributed by atoms with Gasteiger partial charge in [0, 0.05) is 51.0 Å². The lowest BCUT2D eigenvalue weighted by molar-refractivity contribution is -0.303. The van der Waals surface area contributed by atoms with E-state index in [9.17, 15) is 9.59 Å². The summed E-state index contributed by atoms with van der Waals surface area (Å²) in [6.07, 6.45) is 5.48. The van der Waals surface area contributed by atoms with Gasteiger partial charge in [0.25, 0.3) is 0 Å². The SMILES string of the molecule is CC(C)C[C@@H]1NCCN([C@@H](CC(C)C)C(=O)N2CC[C@]3(C[C@@H]2C)OC[C@H](CN2CCCC2)CO3)C1=O. The van der Waals surface area contributed by atoms with Crippen molar-refractivity contribution in [3.8, 4) is 0 Å². The van der Waals surface area contributed by atoms with Crippen molar-refractivity contribution in [2.24, 2.45) is 17.8 Å². The van der Waals surface area contributed by atoms with E-state index in [0.717, 1.165) is 32.7 Å². The maximum atomic E-state index is 14.0. The predicted octanol–water partition coefficient (Wildman–Crippen LogP) is 2.71. The normalized spacial score (nSPS) is 33.2. The second kappa shape index (κ2) is 12.1. The molecule has 0 aromatic rings. The molecule has 4 saturated heterocycles. The van der Waals surface area contributed by atoms with Crippen LogP contribution < -0.4 is 5.32 Å². The number of nitrogens with zero attached hydrogens (tertiary/aromatic N) is 3. The molecule has 0 unspecified atom stereocenters. The van der Waals surface area contributed by atoms with E-state index < -0.39 is 11.8 Å². The second-order valence-electron chi connectivity index (χ2n) is 12.6. The van der Waals surface area contributed by atoms with Crippen molar-refractivity contribution < 1.29 is 19.1 Å². The maximum Gasteiger partial charge on any atom is 0.245 e. The van der Waals surface area contributed by atoms with Crippen molar-refractivity contribution in [1.82, 2.24) is 20.0 Å². The van der Waals surface area contributed by atoms with E-state index in [-0.39, 0.29) is 23.9 Å². The minimum atomic E-state index is -0.571. The zero-order valence-electron chi connectivity index (χ0n) is 23.3. The van der Waals surface area contributed by atoms with Crippen LogP contribution in [0.5, 0.6) is 0 Å². The number of ether oxygens (including phenoxy) is 2. The van der Waals surface area contributed by atoms with Crippen molar-refractivity contribution in [1.29, 1.82) is 0 Å². The molecule has 0 aromatic heterocycles. The molecule has 206 valence electrons. The Hall–Kier alpha value is -1.22. The fourth-order valence-electron chi connectivity index (χ4n) is 6.55. The number of piperidine rings is 1. The Morgan fingerprint density at radius 3 is 2.36 bits per heavy atom. The third-order valence-electron chi connectivity index (χ3n) is 8.42. The topological polar surface area (TPSA) is 74.3 Å². The van der Waals surface area contributed by atoms with Gasteiger partial charge in [0.15, 0.2) is 5.79 Å². The van der Waals surface area contributed by atoms with Crippen molar-refractivity contribution in [3.05, 3.63) is 0 Å². The van der Waals surface area contributed by atoms with Gasteiger partial charge in [-0.1, -0.05) is 27.7 Å². The van der Waals surface area contributed by atoms with Crippen molar-refractivity contribution >= 4 is 11.8 Å². The molecule has 0 aliphatic carbocycles. The second-order valence-corrected chi connectivity index (χ2v) is 12.6. The fourth-order valence-corrected chi connectivity index (χ4v) is 6.55. The molecule has 0 radical (unpaired) electrons. The summed E-state index contributed by atoms with van der Waals surface area (Å²) in [7, 11) is 0. The molecule has 36 heavy (non-hydrogen) atoms. The first kappa shape index (κ1) is 27.8. The molecule has 0 saturated carbocycles. The van der Waals surface area contributed by atoms with Crippen LogP contribution in [0, 0.1) is 17.8 Å². The molecule has 4 rings (SSSR count). The maximum absolute atomic E-state index is 14.0. The zero-order chi connectivity index (χ0) is 25.9. The Morgan fingerprint density at radius 2 is 1.75 bits per heavy atom. The van der Waals surface area contributed by atoms with Gasteiger partial charge in [0.2, 0.25) is 11.8 Å². The quantitative estimate of drug-likeness (QED) is 0.546. The summed E-state index contributed by atoms with van der Waals surface area (Å²) in [5.41, 5.74) is 0. The highest BCUT2D eigenvalue weighted by Crippen LogP contribution is 2.36. The fraction of sp³-hybridized carbons (Fsp3) is 0.929. The van der Waals surface area contributed by atoms with Crippen LogP contribution in [0.2, 0.25) is 0 Å². The van der Waals surface area contributed by atoms with E-state index in [2.05, 4.69) is 44.8 Å². The zero-order valence-corrected chi connectivity index (χ0v) is 23.3. The van der Waals surface area contributed by atoms with Crippen LogP contribution in [0.1, 0.15) is 73.1 Å². The number of nitrogens with one attached hydrogen (secondary N) is 1. The number of likely N-dealkylation sites (tertiary alicyclic amines) is 2. The largest absolute Gasteiger partial charge is 0.349 e. The summed E-state index contributed by atoms with van der Waals surface area (Å²) < 4.78 is 12.8. The average molecular weight is 507 g/mol. The van der Waals surface area contributed by atoms with Crippen LogP contribution in [-0.4, -0.2) is 103 Å². The number of amides is 2. The Bertz CT molecular complexity index is 746. The lowest BCUT2D eigenvalue weighted by Crippen LogP contribution is -2.64. The standard InChI is InChI=1S/C28H50N4O4/c1-20(2)14-24-26(33)32(13-9-29-24)25(15-21(3)4)27(34)31-12-8-28(16-22(31)5)35-18-23(19-36-28)17-30-10-6-7-11-30/h20-25,29H,6-19H2,1-5H3/t22-,23-,24-,25-,28-/m0/s1. The van der Waals surface area contributed by atoms with Crippen molar-refractivity contribution in [3.63, 3.8) is 0 Å². The van der Waals surface area contributed by atoms with Crippen LogP contribution in [0.25, 0.3) is 0 Å². The van der Waals surface area contributed by atoms with E-state index >= 15 is 0 Å². The molecule has 1 N–H and O–H groups in total. The Labute approximate surface area is 218 Å². The van der Waals surface area contributed by atoms with Gasteiger partial charge < -0.3 is 29.5 Å². The molecule has 4 heterocycles. The van der Waals surface area contributed by atoms with E-state index in [1.165, 1.54) is 25.9 Å². The number of rotatable bonds is 8. The first-order valence-electron chi connectivity index (χ1n) is 14.5. The number of piperazine rings is 1. The average Bonchev–Trinajstić information content (AvgIpc) is 3.33. The van der Waals surface area contributed by atoms with Crippen LogP contribution in [-0.2, 0) is 19.1 Å². The predicted molar refractivity (Wildman–Crippen MR) is 140 cm³/mol. The molecule has 4 aliphatic rings. The van der Waals surface area contributed by atoms with Crippen LogP contribution in [0.15, 0.2) is 0 Å². The molecule has 0 bridgehead atoms. The number of carbonyl (C=O) groups is 2. The monoisotopic (exact) mass is 506 g/mol. The lowest BCUT2D eigenvalue weighted by Gasteiger charge is -2.49. The van der Waals surface area contributed by atoms with Crippen LogP contribution in [0.4, 0.5) is 0 Å². The van der Waals surface area contributed by atoms with Gasteiger partial charge in [-0.3, -0.25) is 9.59 Å². The van der Waals surface area contributed by atoms with E-state index in [1.807, 2.05) is 9.80 Å². The van der Waals surface area contributed by atoms with E-state index in [1.54, 1.807) is 0 Å². The third kappa shape index (κ3) is 6.61. The van der Waals surface area contributed by atoms with Crippen molar-refractivity contribution in [2.45, 2.75) is 97.1 Å². The Kier molecular flexibility index (Phi) is 9.34. The highest BCUT2D eigenvalue weighted by atomic mass is 16.7. The molecule has 8 nitrogen and oxygen atoms in total. The molecule has 0 aromatic carbocycles. The third-order valence-corrected chi connectivity index (χ3v) is 8.42. The molecule has 1 spiro atoms. The lowest BCUT2D eigenvalue weighted by atomic mass is 9.92. The summed E-state index contributed by atoms with van der Waals surface area (Å²) in [4.78, 5) is 33.8. The molecule has 8 heteroatoms. The first-order valence-corrected chi connectivity index (χ1v) is 14.5. The molecule has 4 fully saturated rings. The first-order chi connectivity index (χ1) is 17.2. The van der Waals surface area contributed by atoms with E-state index in [0.29, 0.717) is 50.1 Å². The number of carbonyl (C=O) groups excluding carboxylic acids is 2. The Balaban J connectivity index is 1.37. The molecule has 3 atom stereocenters. The van der Waals surface area contributed by atoms with Crippen LogP contribution >= 0.6 is 0 Å². The molecule has 4 aliphatic heterocycles. The molecule has 2 amide bonds. The number of hydrogen-bond acceptors (Lipinski definition) is 6. The highest BCUT2D eigenvalue weighted by molar-refractivity contribution is 5.90. The van der Waals surface area contributed by atoms with Crippen LogP contribution in [0.3, 0.4) is 0 Å². The van der Waals surface area contributed by atoms with Gasteiger partial charge >= 0.3 is 0 Å². The summed E-state index contributed by atoms with van der Waals surface area (Å²) >= 11 is 0. The van der Waals surface area contributed by atoms with Gasteiger partial charge in [0.05, 0.1) is 19.3 Å². The summed E-state index contributed by atoms with van der Waals surface area (Å²) in [5, 5.41) is 3.38. The van der Waals surface area contributed by atoms with Gasteiger partial charge in [-0.25, -0.2) is 0 Å². The van der Waals surface area contributed by atoms with Gasteiger partial charge in [-0.2, -0.15) is 0 Å². The van der Waals surface area contributed by atoms with Gasteiger partial charge in [-0.05, 0) is 57.5 Å². The summed E-state index contributed by atoms with van der Waals surface area (Å²) in [5.74, 6) is 0.781. The molecular formula is C28H50N4O4. The minimum Gasteiger partial charge on any atom is -0.349 e. The van der Waals surface area contributed by atoms with Gasteiger partial charge in [-0.15, -0.1) is 0 Å².